The molecule has 1 aromatic carbocycles. The van der Waals surface area contributed by atoms with Crippen LogP contribution in [0.15, 0.2) is 24.4 Å². The first kappa shape index (κ1) is 13.5. The van der Waals surface area contributed by atoms with Gasteiger partial charge in [0.2, 0.25) is 0 Å². The van der Waals surface area contributed by atoms with Gasteiger partial charge in [-0.1, -0.05) is 26.0 Å². The molecule has 0 aliphatic heterocycles. The minimum atomic E-state index is -0.123. The number of para-hydroxylation sites is 1. The van der Waals surface area contributed by atoms with E-state index in [9.17, 15) is 4.39 Å². The maximum Gasteiger partial charge on any atom is 0.147 e. The molecule has 0 spiro atoms. The van der Waals surface area contributed by atoms with Crippen LogP contribution in [0.4, 0.5) is 4.39 Å². The van der Waals surface area contributed by atoms with Crippen molar-refractivity contribution in [1.29, 1.82) is 0 Å². The van der Waals surface area contributed by atoms with Crippen LogP contribution in [-0.2, 0) is 5.75 Å². The summed E-state index contributed by atoms with van der Waals surface area (Å²) in [6.07, 6.45) is 2.10. The second-order valence-corrected chi connectivity index (χ2v) is 6.72. The molecule has 0 bridgehead atoms. The Labute approximate surface area is 112 Å². The van der Waals surface area contributed by atoms with E-state index in [0.717, 1.165) is 16.7 Å². The van der Waals surface area contributed by atoms with E-state index in [1.807, 2.05) is 22.4 Å². The van der Waals surface area contributed by atoms with Crippen molar-refractivity contribution in [2.75, 3.05) is 0 Å². The van der Waals surface area contributed by atoms with E-state index >= 15 is 0 Å². The van der Waals surface area contributed by atoms with E-state index in [-0.39, 0.29) is 11.9 Å². The summed E-state index contributed by atoms with van der Waals surface area (Å²) < 4.78 is 16.0. The molecule has 2 aromatic rings. The lowest BCUT2D eigenvalue weighted by atomic mass is 10.2. The summed E-state index contributed by atoms with van der Waals surface area (Å²) in [5, 5.41) is 1.65. The molecular weight excluding hydrogens is 245 g/mol. The van der Waals surface area contributed by atoms with Crippen LogP contribution in [0, 0.1) is 5.82 Å². The topological polar surface area (TPSA) is 4.93 Å². The summed E-state index contributed by atoms with van der Waals surface area (Å²) >= 11 is 1.89. The molecule has 0 atom stereocenters. The summed E-state index contributed by atoms with van der Waals surface area (Å²) in [4.78, 5) is 0. The fourth-order valence-electron chi connectivity index (χ4n) is 2.12. The summed E-state index contributed by atoms with van der Waals surface area (Å²) in [6, 6.07) is 5.64. The second kappa shape index (κ2) is 5.35. The van der Waals surface area contributed by atoms with Crippen molar-refractivity contribution in [3.63, 3.8) is 0 Å². The van der Waals surface area contributed by atoms with Crippen LogP contribution in [0.5, 0.6) is 0 Å². The molecule has 1 nitrogen and oxygen atoms in total. The quantitative estimate of drug-likeness (QED) is 0.753. The highest BCUT2D eigenvalue weighted by molar-refractivity contribution is 7.99. The molecule has 0 saturated heterocycles. The number of aromatic nitrogens is 1. The zero-order valence-electron chi connectivity index (χ0n) is 11.4. The van der Waals surface area contributed by atoms with Gasteiger partial charge in [0.25, 0.3) is 0 Å². The van der Waals surface area contributed by atoms with E-state index in [1.165, 1.54) is 5.56 Å². The first-order valence-electron chi connectivity index (χ1n) is 6.40. The molecule has 1 aromatic heterocycles. The average Bonchev–Trinajstić information content (AvgIpc) is 2.67. The molecule has 0 aliphatic carbocycles. The Bertz CT molecular complexity index is 543. The molecule has 0 amide bonds. The first-order valence-corrected chi connectivity index (χ1v) is 7.45. The number of nitrogens with zero attached hydrogens (tertiary/aromatic N) is 1. The normalized spacial score (nSPS) is 11.9. The average molecular weight is 265 g/mol. The Morgan fingerprint density at radius 3 is 2.56 bits per heavy atom. The van der Waals surface area contributed by atoms with Crippen LogP contribution in [0.1, 0.15) is 39.3 Å². The van der Waals surface area contributed by atoms with Crippen molar-refractivity contribution in [3.8, 4) is 0 Å². The highest BCUT2D eigenvalue weighted by Gasteiger charge is 2.14. The fourth-order valence-corrected chi connectivity index (χ4v) is 2.86. The fraction of sp³-hybridized carbons (Fsp3) is 0.467. The summed E-state index contributed by atoms with van der Waals surface area (Å²) in [5.74, 6) is 0.819. The molecule has 0 aliphatic rings. The minimum Gasteiger partial charge on any atom is -0.342 e. The molecule has 98 valence electrons. The summed E-state index contributed by atoms with van der Waals surface area (Å²) in [5.41, 5.74) is 1.98. The van der Waals surface area contributed by atoms with Crippen molar-refractivity contribution >= 4 is 22.7 Å². The van der Waals surface area contributed by atoms with Crippen molar-refractivity contribution in [3.05, 3.63) is 35.8 Å². The van der Waals surface area contributed by atoms with Gasteiger partial charge >= 0.3 is 0 Å². The monoisotopic (exact) mass is 265 g/mol. The van der Waals surface area contributed by atoms with Gasteiger partial charge in [0.1, 0.15) is 5.82 Å². The summed E-state index contributed by atoms with van der Waals surface area (Å²) in [7, 11) is 0. The SMILES string of the molecule is CC(C)SCc1cn(C(C)C)c2c(F)cccc12. The largest absolute Gasteiger partial charge is 0.342 e. The number of rotatable bonds is 4. The highest BCUT2D eigenvalue weighted by Crippen LogP contribution is 2.30. The summed E-state index contributed by atoms with van der Waals surface area (Å²) in [6.45, 7) is 8.55. The smallest absolute Gasteiger partial charge is 0.147 e. The number of thioether (sulfide) groups is 1. The molecule has 0 saturated carbocycles. The van der Waals surface area contributed by atoms with Crippen molar-refractivity contribution < 1.29 is 4.39 Å². The number of halogens is 1. The predicted molar refractivity (Wildman–Crippen MR) is 78.7 cm³/mol. The van der Waals surface area contributed by atoms with Crippen molar-refractivity contribution in [2.45, 2.75) is 44.7 Å². The Balaban J connectivity index is 2.51. The second-order valence-electron chi connectivity index (χ2n) is 5.15. The molecule has 0 N–H and O–H groups in total. The standard InChI is InChI=1S/C15H20FNS/c1-10(2)17-8-12(9-18-11(3)4)13-6-5-7-14(16)15(13)17/h5-8,10-11H,9H2,1-4H3. The Morgan fingerprint density at radius 1 is 1.22 bits per heavy atom. The van der Waals surface area contributed by atoms with E-state index < -0.39 is 0 Å². The van der Waals surface area contributed by atoms with Crippen LogP contribution in [-0.4, -0.2) is 9.82 Å². The Hall–Kier alpha value is -0.960. The third kappa shape index (κ3) is 2.56. The molecule has 0 unspecified atom stereocenters. The lowest BCUT2D eigenvalue weighted by molar-refractivity contribution is 0.588. The molecule has 0 radical (unpaired) electrons. The van der Waals surface area contributed by atoms with E-state index in [2.05, 4.69) is 33.9 Å². The van der Waals surface area contributed by atoms with E-state index in [4.69, 9.17) is 0 Å². The van der Waals surface area contributed by atoms with Crippen LogP contribution in [0.3, 0.4) is 0 Å². The molecule has 18 heavy (non-hydrogen) atoms. The van der Waals surface area contributed by atoms with Gasteiger partial charge in [-0.2, -0.15) is 11.8 Å². The molecule has 2 rings (SSSR count). The van der Waals surface area contributed by atoms with Gasteiger partial charge in [-0.3, -0.25) is 0 Å². The van der Waals surface area contributed by atoms with Gasteiger partial charge in [-0.05, 0) is 30.7 Å². The molecule has 3 heteroatoms. The molecule has 0 fully saturated rings. The molecular formula is C15H20FNS. The van der Waals surface area contributed by atoms with Crippen LogP contribution >= 0.6 is 11.8 Å². The highest BCUT2D eigenvalue weighted by atomic mass is 32.2. The zero-order chi connectivity index (χ0) is 13.3. The lowest BCUT2D eigenvalue weighted by Gasteiger charge is -2.09. The van der Waals surface area contributed by atoms with Crippen molar-refractivity contribution in [2.24, 2.45) is 0 Å². The predicted octanol–water partition coefficient (Wildman–Crippen LogP) is 5.00. The first-order chi connectivity index (χ1) is 8.50. The van der Waals surface area contributed by atoms with Gasteiger partial charge in [-0.25, -0.2) is 4.39 Å². The maximum absolute atomic E-state index is 14.0. The third-order valence-electron chi connectivity index (χ3n) is 3.01. The number of benzene rings is 1. The number of fused-ring (bicyclic) bond motifs is 1. The Kier molecular flexibility index (Phi) is 4.00. The van der Waals surface area contributed by atoms with Gasteiger partial charge < -0.3 is 4.57 Å². The lowest BCUT2D eigenvalue weighted by Crippen LogP contribution is -1.99. The third-order valence-corrected chi connectivity index (χ3v) is 4.16. The molecule has 1 heterocycles. The van der Waals surface area contributed by atoms with Crippen LogP contribution < -0.4 is 0 Å². The zero-order valence-corrected chi connectivity index (χ0v) is 12.2. The van der Waals surface area contributed by atoms with Gasteiger partial charge in [0.15, 0.2) is 0 Å². The van der Waals surface area contributed by atoms with Crippen molar-refractivity contribution in [1.82, 2.24) is 4.57 Å². The van der Waals surface area contributed by atoms with Gasteiger partial charge in [0.05, 0.1) is 5.52 Å². The minimum absolute atomic E-state index is 0.123. The number of hydrogen-bond donors (Lipinski definition) is 0. The Morgan fingerprint density at radius 2 is 1.94 bits per heavy atom. The van der Waals surface area contributed by atoms with Crippen LogP contribution in [0.25, 0.3) is 10.9 Å². The van der Waals surface area contributed by atoms with Gasteiger partial charge in [-0.15, -0.1) is 0 Å². The van der Waals surface area contributed by atoms with Crippen LogP contribution in [0.2, 0.25) is 0 Å². The van der Waals surface area contributed by atoms with Gasteiger partial charge in [0, 0.05) is 23.4 Å². The number of hydrogen-bond acceptors (Lipinski definition) is 1. The van der Waals surface area contributed by atoms with E-state index in [1.54, 1.807) is 12.1 Å². The maximum atomic E-state index is 14.0. The van der Waals surface area contributed by atoms with E-state index in [0.29, 0.717) is 5.25 Å².